The Labute approximate surface area is 194 Å². The molecule has 174 valence electrons. The number of ether oxygens (including phenoxy) is 3. The molecule has 1 spiro atoms. The summed E-state index contributed by atoms with van der Waals surface area (Å²) in [4.78, 5) is 14.1. The Bertz CT molecular complexity index is 1100. The van der Waals surface area contributed by atoms with Gasteiger partial charge < -0.3 is 19.1 Å². The van der Waals surface area contributed by atoms with Gasteiger partial charge in [0.05, 0.1) is 25.5 Å². The molecule has 3 aliphatic heterocycles. The number of likely N-dealkylation sites (tertiary alicyclic amines) is 1. The van der Waals surface area contributed by atoms with Gasteiger partial charge in [0.2, 0.25) is 5.72 Å². The quantitative estimate of drug-likeness (QED) is 0.673. The zero-order valence-corrected chi connectivity index (χ0v) is 19.8. The highest BCUT2D eigenvalue weighted by molar-refractivity contribution is 6.02. The van der Waals surface area contributed by atoms with Gasteiger partial charge in [0.25, 0.3) is 0 Å². The number of methoxy groups -OCH3 is 1. The van der Waals surface area contributed by atoms with Gasteiger partial charge in [0, 0.05) is 37.9 Å². The largest absolute Gasteiger partial charge is 0.493 e. The molecule has 0 aromatic heterocycles. The van der Waals surface area contributed by atoms with Crippen molar-refractivity contribution in [3.05, 3.63) is 58.7 Å². The number of piperidine rings is 1. The van der Waals surface area contributed by atoms with E-state index in [0.29, 0.717) is 32.5 Å². The predicted molar refractivity (Wildman–Crippen MR) is 126 cm³/mol. The lowest BCUT2D eigenvalue weighted by Crippen LogP contribution is -2.59. The van der Waals surface area contributed by atoms with Gasteiger partial charge >= 0.3 is 6.09 Å². The number of fused-ring (bicyclic) bond motifs is 4. The number of rotatable bonds is 3. The van der Waals surface area contributed by atoms with Crippen molar-refractivity contribution in [2.24, 2.45) is 5.10 Å². The van der Waals surface area contributed by atoms with Crippen LogP contribution < -0.4 is 9.47 Å². The number of hydrogen-bond donors (Lipinski definition) is 0. The van der Waals surface area contributed by atoms with E-state index < -0.39 is 5.72 Å². The predicted octanol–water partition coefficient (Wildman–Crippen LogP) is 4.80. The number of nitrogens with zero attached hydrogens (tertiary/aromatic N) is 3. The Balaban J connectivity index is 1.52. The summed E-state index contributed by atoms with van der Waals surface area (Å²) in [6, 6.07) is 12.7. The van der Waals surface area contributed by atoms with E-state index in [-0.39, 0.29) is 12.1 Å². The van der Waals surface area contributed by atoms with Gasteiger partial charge in [0.1, 0.15) is 0 Å². The highest BCUT2D eigenvalue weighted by atomic mass is 16.6. The number of hydrazone groups is 1. The van der Waals surface area contributed by atoms with Crippen LogP contribution in [0.5, 0.6) is 11.5 Å². The second-order valence-corrected chi connectivity index (χ2v) is 9.02. The van der Waals surface area contributed by atoms with E-state index in [1.165, 1.54) is 11.1 Å². The van der Waals surface area contributed by atoms with E-state index in [0.717, 1.165) is 34.8 Å². The second-order valence-electron chi connectivity index (χ2n) is 9.02. The molecular formula is C26H31N3O4. The van der Waals surface area contributed by atoms with E-state index in [2.05, 4.69) is 43.1 Å². The summed E-state index contributed by atoms with van der Waals surface area (Å²) in [7, 11) is 1.67. The van der Waals surface area contributed by atoms with E-state index in [1.54, 1.807) is 12.0 Å². The standard InChI is InChI=1S/C26H31N3O4/c1-5-32-25(30)28-13-11-26(12-14-28)29-22(20-7-6-8-23(31-4)24(20)33-26)16-21(27-29)19-10-9-17(2)18(3)15-19/h6-10,15,22H,5,11-14,16H2,1-4H3/t22-/m0/s1. The molecule has 1 atom stereocenters. The van der Waals surface area contributed by atoms with Gasteiger partial charge in [-0.2, -0.15) is 5.10 Å². The molecule has 2 aromatic carbocycles. The van der Waals surface area contributed by atoms with Crippen molar-refractivity contribution in [2.45, 2.75) is 51.8 Å². The summed E-state index contributed by atoms with van der Waals surface area (Å²) in [6.45, 7) is 7.58. The third-order valence-electron chi connectivity index (χ3n) is 7.12. The van der Waals surface area contributed by atoms with Gasteiger partial charge in [-0.05, 0) is 49.6 Å². The Kier molecular flexibility index (Phi) is 5.43. The van der Waals surface area contributed by atoms with E-state index in [1.807, 2.05) is 19.1 Å². The van der Waals surface area contributed by atoms with Crippen molar-refractivity contribution in [3.63, 3.8) is 0 Å². The Morgan fingerprint density at radius 3 is 2.67 bits per heavy atom. The van der Waals surface area contributed by atoms with Crippen LogP contribution in [0, 0.1) is 13.8 Å². The SMILES string of the molecule is CCOC(=O)N1CCC2(CC1)Oc1c(OC)cccc1[C@@H]1CC(c3ccc(C)c(C)c3)=NN12. The molecule has 1 fully saturated rings. The average Bonchev–Trinajstić information content (AvgIpc) is 3.28. The van der Waals surface area contributed by atoms with Crippen LogP contribution in [0.4, 0.5) is 4.79 Å². The fourth-order valence-electron chi connectivity index (χ4n) is 5.11. The molecule has 33 heavy (non-hydrogen) atoms. The third-order valence-corrected chi connectivity index (χ3v) is 7.12. The van der Waals surface area contributed by atoms with Gasteiger partial charge in [-0.1, -0.05) is 24.3 Å². The lowest BCUT2D eigenvalue weighted by Gasteiger charge is -2.51. The van der Waals surface area contributed by atoms with Crippen molar-refractivity contribution < 1.29 is 19.0 Å². The third kappa shape index (κ3) is 3.59. The lowest BCUT2D eigenvalue weighted by atomic mass is 9.90. The first-order valence-electron chi connectivity index (χ1n) is 11.7. The zero-order valence-electron chi connectivity index (χ0n) is 19.8. The van der Waals surface area contributed by atoms with E-state index in [9.17, 15) is 4.79 Å². The fourth-order valence-corrected chi connectivity index (χ4v) is 5.11. The molecule has 7 nitrogen and oxygen atoms in total. The highest BCUT2D eigenvalue weighted by Gasteiger charge is 2.53. The van der Waals surface area contributed by atoms with Crippen LogP contribution in [-0.2, 0) is 4.74 Å². The molecular weight excluding hydrogens is 418 g/mol. The van der Waals surface area contributed by atoms with Gasteiger partial charge in [-0.3, -0.25) is 0 Å². The molecule has 0 aliphatic carbocycles. The number of aryl methyl sites for hydroxylation is 2. The van der Waals surface area contributed by atoms with Crippen LogP contribution in [-0.4, -0.2) is 54.2 Å². The topological polar surface area (TPSA) is 63.6 Å². The summed E-state index contributed by atoms with van der Waals surface area (Å²) in [5, 5.41) is 7.29. The molecule has 3 heterocycles. The molecule has 2 aromatic rings. The molecule has 0 saturated carbocycles. The van der Waals surface area contributed by atoms with Gasteiger partial charge in [-0.15, -0.1) is 0 Å². The van der Waals surface area contributed by atoms with Crippen LogP contribution >= 0.6 is 0 Å². The minimum atomic E-state index is -0.628. The molecule has 0 N–H and O–H groups in total. The van der Waals surface area contributed by atoms with Crippen LogP contribution in [0.2, 0.25) is 0 Å². The summed E-state index contributed by atoms with van der Waals surface area (Å²) in [6.07, 6.45) is 1.82. The van der Waals surface area contributed by atoms with Crippen molar-refractivity contribution in [1.29, 1.82) is 0 Å². The normalized spacial score (nSPS) is 20.6. The average molecular weight is 450 g/mol. The Hall–Kier alpha value is -3.22. The van der Waals surface area contributed by atoms with Crippen LogP contribution in [0.1, 0.15) is 54.5 Å². The second kappa shape index (κ2) is 8.28. The summed E-state index contributed by atoms with van der Waals surface area (Å²) in [5.41, 5.74) is 5.21. The van der Waals surface area contributed by atoms with Crippen LogP contribution in [0.3, 0.4) is 0 Å². The van der Waals surface area contributed by atoms with Crippen LogP contribution in [0.25, 0.3) is 0 Å². The number of para-hydroxylation sites is 1. The van der Waals surface area contributed by atoms with E-state index >= 15 is 0 Å². The molecule has 7 heteroatoms. The number of carbonyl (C=O) groups is 1. The van der Waals surface area contributed by atoms with Gasteiger partial charge in [0.15, 0.2) is 11.5 Å². The number of hydrogen-bond acceptors (Lipinski definition) is 6. The first kappa shape index (κ1) is 21.6. The fraction of sp³-hybridized carbons (Fsp3) is 0.462. The zero-order chi connectivity index (χ0) is 23.2. The molecule has 0 bridgehead atoms. The first-order chi connectivity index (χ1) is 16.0. The minimum Gasteiger partial charge on any atom is -0.493 e. The first-order valence-corrected chi connectivity index (χ1v) is 11.7. The Morgan fingerprint density at radius 2 is 1.97 bits per heavy atom. The molecule has 0 unspecified atom stereocenters. The molecule has 5 rings (SSSR count). The number of benzene rings is 2. The van der Waals surface area contributed by atoms with Gasteiger partial charge in [-0.25, -0.2) is 9.80 Å². The molecule has 3 aliphatic rings. The summed E-state index contributed by atoms with van der Waals surface area (Å²) >= 11 is 0. The molecule has 1 saturated heterocycles. The Morgan fingerprint density at radius 1 is 1.18 bits per heavy atom. The van der Waals surface area contributed by atoms with Crippen molar-refractivity contribution in [3.8, 4) is 11.5 Å². The minimum absolute atomic E-state index is 0.0644. The van der Waals surface area contributed by atoms with Crippen molar-refractivity contribution >= 4 is 11.8 Å². The maximum absolute atomic E-state index is 12.3. The monoisotopic (exact) mass is 449 g/mol. The van der Waals surface area contributed by atoms with Crippen molar-refractivity contribution in [1.82, 2.24) is 9.91 Å². The smallest absolute Gasteiger partial charge is 0.409 e. The number of amides is 1. The van der Waals surface area contributed by atoms with Crippen molar-refractivity contribution in [2.75, 3.05) is 26.8 Å². The lowest BCUT2D eigenvalue weighted by molar-refractivity contribution is -0.148. The number of carbonyl (C=O) groups excluding carboxylic acids is 1. The molecule has 0 radical (unpaired) electrons. The molecule has 1 amide bonds. The van der Waals surface area contributed by atoms with E-state index in [4.69, 9.17) is 19.3 Å². The summed E-state index contributed by atoms with van der Waals surface area (Å²) < 4.78 is 17.6. The maximum atomic E-state index is 12.3. The maximum Gasteiger partial charge on any atom is 0.409 e. The van der Waals surface area contributed by atoms with Crippen LogP contribution in [0.15, 0.2) is 41.5 Å². The summed E-state index contributed by atoms with van der Waals surface area (Å²) in [5.74, 6) is 1.53. The highest BCUT2D eigenvalue weighted by Crippen LogP contribution is 2.52.